The fourth-order valence-corrected chi connectivity index (χ4v) is 3.66. The standard InChI is InChI=1S/C14H21NO5S2/c1-22(19,20)13-9-11(10-21-13)14(18)15-8-6-4-2-3-5-7-12(16)17/h9-10H,2-8H2,1H3,(H,15,18)(H,16,17). The van der Waals surface area contributed by atoms with Crippen molar-refractivity contribution in [2.24, 2.45) is 0 Å². The third-order valence-electron chi connectivity index (χ3n) is 3.06. The Balaban J connectivity index is 2.19. The number of rotatable bonds is 10. The van der Waals surface area contributed by atoms with Gasteiger partial charge < -0.3 is 10.4 Å². The predicted octanol–water partition coefficient (Wildman–Crippen LogP) is 2.31. The van der Waals surface area contributed by atoms with Gasteiger partial charge in [0, 0.05) is 24.6 Å². The van der Waals surface area contributed by atoms with E-state index in [4.69, 9.17) is 5.11 Å². The molecule has 0 saturated heterocycles. The van der Waals surface area contributed by atoms with E-state index < -0.39 is 15.8 Å². The second-order valence-corrected chi connectivity index (χ2v) is 8.25. The van der Waals surface area contributed by atoms with Gasteiger partial charge in [0.05, 0.1) is 5.56 Å². The first kappa shape index (κ1) is 18.6. The predicted molar refractivity (Wildman–Crippen MR) is 85.1 cm³/mol. The van der Waals surface area contributed by atoms with Crippen molar-refractivity contribution in [3.63, 3.8) is 0 Å². The number of sulfone groups is 1. The summed E-state index contributed by atoms with van der Waals surface area (Å²) in [6, 6.07) is 1.39. The number of amides is 1. The lowest BCUT2D eigenvalue weighted by Gasteiger charge is -2.03. The molecule has 124 valence electrons. The molecule has 1 rings (SSSR count). The molecule has 22 heavy (non-hydrogen) atoms. The fraction of sp³-hybridized carbons (Fsp3) is 0.571. The number of carboxylic acids is 1. The highest BCUT2D eigenvalue weighted by molar-refractivity contribution is 7.92. The van der Waals surface area contributed by atoms with Gasteiger partial charge in [-0.3, -0.25) is 9.59 Å². The van der Waals surface area contributed by atoms with Crippen molar-refractivity contribution in [3.05, 3.63) is 17.0 Å². The molecule has 0 aliphatic heterocycles. The van der Waals surface area contributed by atoms with E-state index in [-0.39, 0.29) is 16.5 Å². The van der Waals surface area contributed by atoms with Crippen LogP contribution < -0.4 is 5.32 Å². The van der Waals surface area contributed by atoms with Crippen LogP contribution in [0.5, 0.6) is 0 Å². The number of hydrogen-bond donors (Lipinski definition) is 2. The smallest absolute Gasteiger partial charge is 0.303 e. The zero-order valence-electron chi connectivity index (χ0n) is 12.5. The van der Waals surface area contributed by atoms with E-state index in [2.05, 4.69) is 5.32 Å². The first-order chi connectivity index (χ1) is 10.3. The molecule has 0 aliphatic rings. The summed E-state index contributed by atoms with van der Waals surface area (Å²) >= 11 is 1.04. The van der Waals surface area contributed by atoms with Crippen LogP contribution in [0.15, 0.2) is 15.7 Å². The molecule has 2 N–H and O–H groups in total. The van der Waals surface area contributed by atoms with E-state index in [0.29, 0.717) is 18.5 Å². The number of carbonyl (C=O) groups excluding carboxylic acids is 1. The lowest BCUT2D eigenvalue weighted by atomic mass is 10.1. The molecular weight excluding hydrogens is 326 g/mol. The molecule has 6 nitrogen and oxygen atoms in total. The van der Waals surface area contributed by atoms with E-state index in [1.807, 2.05) is 0 Å². The van der Waals surface area contributed by atoms with E-state index >= 15 is 0 Å². The minimum atomic E-state index is -3.26. The molecule has 1 aromatic rings. The highest BCUT2D eigenvalue weighted by Gasteiger charge is 2.14. The number of hydrogen-bond acceptors (Lipinski definition) is 5. The molecule has 0 bridgehead atoms. The van der Waals surface area contributed by atoms with Crippen molar-refractivity contribution >= 4 is 33.1 Å². The zero-order valence-corrected chi connectivity index (χ0v) is 14.1. The highest BCUT2D eigenvalue weighted by Crippen LogP contribution is 2.19. The molecule has 0 saturated carbocycles. The topological polar surface area (TPSA) is 101 Å². The molecule has 0 fully saturated rings. The summed E-state index contributed by atoms with van der Waals surface area (Å²) in [5.41, 5.74) is 0.367. The van der Waals surface area contributed by atoms with Gasteiger partial charge >= 0.3 is 5.97 Å². The summed E-state index contributed by atoms with van der Waals surface area (Å²) < 4.78 is 22.9. The summed E-state index contributed by atoms with van der Waals surface area (Å²) in [4.78, 5) is 22.2. The molecule has 0 atom stereocenters. The second kappa shape index (κ2) is 8.89. The molecule has 1 heterocycles. The Kier molecular flexibility index (Phi) is 7.53. The van der Waals surface area contributed by atoms with Gasteiger partial charge in [-0.1, -0.05) is 19.3 Å². The lowest BCUT2D eigenvalue weighted by molar-refractivity contribution is -0.137. The zero-order chi connectivity index (χ0) is 16.6. The van der Waals surface area contributed by atoms with Crippen molar-refractivity contribution in [2.45, 2.75) is 42.7 Å². The number of carbonyl (C=O) groups is 2. The monoisotopic (exact) mass is 347 g/mol. The molecule has 0 unspecified atom stereocenters. The molecule has 0 spiro atoms. The van der Waals surface area contributed by atoms with Gasteiger partial charge in [0.2, 0.25) is 0 Å². The first-order valence-corrected chi connectivity index (χ1v) is 9.86. The summed E-state index contributed by atoms with van der Waals surface area (Å²) in [5.74, 6) is -1.03. The third-order valence-corrected chi connectivity index (χ3v) is 5.82. The maximum atomic E-state index is 11.8. The molecule has 8 heteroatoms. The highest BCUT2D eigenvalue weighted by atomic mass is 32.2. The van der Waals surface area contributed by atoms with Crippen LogP contribution in [0.3, 0.4) is 0 Å². The van der Waals surface area contributed by atoms with Crippen LogP contribution >= 0.6 is 11.3 Å². The van der Waals surface area contributed by atoms with Crippen molar-refractivity contribution in [3.8, 4) is 0 Å². The normalized spacial score (nSPS) is 11.3. The summed E-state index contributed by atoms with van der Waals surface area (Å²) in [7, 11) is -3.26. The van der Waals surface area contributed by atoms with Crippen LogP contribution in [-0.2, 0) is 14.6 Å². The summed E-state index contributed by atoms with van der Waals surface area (Å²) in [5, 5.41) is 12.8. The molecule has 0 aromatic carbocycles. The Morgan fingerprint density at radius 3 is 2.41 bits per heavy atom. The fourth-order valence-electron chi connectivity index (χ4n) is 1.87. The first-order valence-electron chi connectivity index (χ1n) is 7.09. The summed E-state index contributed by atoms with van der Waals surface area (Å²) in [6.07, 6.45) is 5.58. The van der Waals surface area contributed by atoms with E-state index in [1.54, 1.807) is 0 Å². The van der Waals surface area contributed by atoms with Gasteiger partial charge in [0.25, 0.3) is 5.91 Å². The largest absolute Gasteiger partial charge is 0.481 e. The molecule has 0 aliphatic carbocycles. The van der Waals surface area contributed by atoms with Gasteiger partial charge in [-0.2, -0.15) is 0 Å². The van der Waals surface area contributed by atoms with Crippen LogP contribution in [0.1, 0.15) is 48.9 Å². The summed E-state index contributed by atoms with van der Waals surface area (Å²) in [6.45, 7) is 0.530. The molecule has 1 amide bonds. The second-order valence-electron chi connectivity index (χ2n) is 5.09. The van der Waals surface area contributed by atoms with Crippen molar-refractivity contribution < 1.29 is 23.1 Å². The maximum absolute atomic E-state index is 11.8. The maximum Gasteiger partial charge on any atom is 0.303 e. The quantitative estimate of drug-likeness (QED) is 0.633. The average molecular weight is 347 g/mol. The van der Waals surface area contributed by atoms with E-state index in [1.165, 1.54) is 11.4 Å². The van der Waals surface area contributed by atoms with Gasteiger partial charge in [0.1, 0.15) is 4.21 Å². The average Bonchev–Trinajstić information content (AvgIpc) is 2.91. The number of aliphatic carboxylic acids is 1. The third kappa shape index (κ3) is 7.04. The minimum Gasteiger partial charge on any atom is -0.481 e. The van der Waals surface area contributed by atoms with Gasteiger partial charge in [-0.05, 0) is 18.9 Å². The number of carboxylic acid groups (broad SMARTS) is 1. The Morgan fingerprint density at radius 1 is 1.18 bits per heavy atom. The molecular formula is C14H21NO5S2. The van der Waals surface area contributed by atoms with Crippen LogP contribution in [0.25, 0.3) is 0 Å². The van der Waals surface area contributed by atoms with Crippen LogP contribution in [0.2, 0.25) is 0 Å². The number of unbranched alkanes of at least 4 members (excludes halogenated alkanes) is 4. The number of thiophene rings is 1. The Bertz CT molecular complexity index is 607. The number of nitrogens with one attached hydrogen (secondary N) is 1. The van der Waals surface area contributed by atoms with E-state index in [0.717, 1.165) is 43.3 Å². The molecule has 0 radical (unpaired) electrons. The SMILES string of the molecule is CS(=O)(=O)c1cc(C(=O)NCCCCCCCC(=O)O)cs1. The van der Waals surface area contributed by atoms with Gasteiger partial charge in [0.15, 0.2) is 9.84 Å². The van der Waals surface area contributed by atoms with Gasteiger partial charge in [-0.25, -0.2) is 8.42 Å². The van der Waals surface area contributed by atoms with E-state index in [9.17, 15) is 18.0 Å². The van der Waals surface area contributed by atoms with Gasteiger partial charge in [-0.15, -0.1) is 11.3 Å². The minimum absolute atomic E-state index is 0.191. The van der Waals surface area contributed by atoms with Crippen LogP contribution in [0.4, 0.5) is 0 Å². The molecule has 1 aromatic heterocycles. The van der Waals surface area contributed by atoms with Crippen LogP contribution in [-0.4, -0.2) is 38.2 Å². The van der Waals surface area contributed by atoms with Crippen molar-refractivity contribution in [2.75, 3.05) is 12.8 Å². The lowest BCUT2D eigenvalue weighted by Crippen LogP contribution is -2.23. The Hall–Kier alpha value is -1.41. The Morgan fingerprint density at radius 2 is 1.82 bits per heavy atom. The van der Waals surface area contributed by atoms with Crippen molar-refractivity contribution in [1.82, 2.24) is 5.32 Å². The van der Waals surface area contributed by atoms with Crippen molar-refractivity contribution in [1.29, 1.82) is 0 Å². The van der Waals surface area contributed by atoms with Crippen LogP contribution in [0, 0.1) is 0 Å². The Labute approximate surface area is 134 Å².